The number of benzene rings is 1. The van der Waals surface area contributed by atoms with E-state index >= 15 is 0 Å². The van der Waals surface area contributed by atoms with Crippen LogP contribution in [0.4, 0.5) is 0 Å². The molecule has 1 heterocycles. The van der Waals surface area contributed by atoms with Crippen molar-refractivity contribution in [3.05, 3.63) is 36.0 Å². The van der Waals surface area contributed by atoms with Crippen LogP contribution in [0.5, 0.6) is 0 Å². The van der Waals surface area contributed by atoms with Gasteiger partial charge in [0.05, 0.1) is 6.04 Å². The molecule has 0 fully saturated rings. The number of hydrogen-bond donors (Lipinski definition) is 8. The molecule has 13 heteroatoms. The number of para-hydroxylation sites is 1. The number of aliphatic imine (C=N–C) groups is 1. The average Bonchev–Trinajstić information content (AvgIpc) is 3.34. The van der Waals surface area contributed by atoms with Crippen molar-refractivity contribution < 1.29 is 24.3 Å². The smallest absolute Gasteiger partial charge is 0.326 e. The van der Waals surface area contributed by atoms with Crippen LogP contribution in [-0.4, -0.2) is 70.5 Å². The van der Waals surface area contributed by atoms with Crippen LogP contribution in [0.3, 0.4) is 0 Å². The molecule has 0 bridgehead atoms. The van der Waals surface area contributed by atoms with Crippen LogP contribution in [0.2, 0.25) is 0 Å². The maximum Gasteiger partial charge on any atom is 0.326 e. The van der Waals surface area contributed by atoms with Gasteiger partial charge in [0.2, 0.25) is 17.7 Å². The summed E-state index contributed by atoms with van der Waals surface area (Å²) in [7, 11) is 0. The molecular weight excluding hydrogens is 528 g/mol. The summed E-state index contributed by atoms with van der Waals surface area (Å²) in [6, 6.07) is 3.34. The zero-order chi connectivity index (χ0) is 30.7. The molecule has 226 valence electrons. The molecule has 0 aliphatic carbocycles. The quantitative estimate of drug-likeness (QED) is 0.0791. The van der Waals surface area contributed by atoms with Gasteiger partial charge in [-0.25, -0.2) is 4.79 Å². The van der Waals surface area contributed by atoms with Crippen molar-refractivity contribution in [1.29, 1.82) is 0 Å². The molecule has 1 aromatic heterocycles. The number of carbonyl (C=O) groups is 4. The van der Waals surface area contributed by atoms with Gasteiger partial charge in [-0.2, -0.15) is 0 Å². The minimum Gasteiger partial charge on any atom is -0.480 e. The number of carboxylic acid groups (broad SMARTS) is 1. The number of nitrogens with one attached hydrogen (secondary N) is 4. The van der Waals surface area contributed by atoms with Crippen molar-refractivity contribution in [2.75, 3.05) is 6.54 Å². The van der Waals surface area contributed by atoms with Gasteiger partial charge in [0, 0.05) is 30.1 Å². The number of carbonyl (C=O) groups excluding carboxylic acids is 3. The lowest BCUT2D eigenvalue weighted by Crippen LogP contribution is -2.59. The van der Waals surface area contributed by atoms with Gasteiger partial charge in [0.15, 0.2) is 5.96 Å². The Hall–Kier alpha value is -4.13. The van der Waals surface area contributed by atoms with Gasteiger partial charge >= 0.3 is 5.97 Å². The summed E-state index contributed by atoms with van der Waals surface area (Å²) in [6.45, 7) is 7.45. The van der Waals surface area contributed by atoms with E-state index in [2.05, 4.69) is 25.9 Å². The third-order valence-corrected chi connectivity index (χ3v) is 7.11. The van der Waals surface area contributed by atoms with Crippen LogP contribution < -0.4 is 33.2 Å². The summed E-state index contributed by atoms with van der Waals surface area (Å²) in [5, 5.41) is 18.8. The third-order valence-electron chi connectivity index (χ3n) is 7.11. The summed E-state index contributed by atoms with van der Waals surface area (Å²) >= 11 is 0. The first-order chi connectivity index (χ1) is 19.3. The lowest BCUT2D eigenvalue weighted by Gasteiger charge is -2.28. The van der Waals surface area contributed by atoms with E-state index in [0.717, 1.165) is 16.5 Å². The van der Waals surface area contributed by atoms with Gasteiger partial charge < -0.3 is 43.2 Å². The van der Waals surface area contributed by atoms with Crippen molar-refractivity contribution in [3.8, 4) is 0 Å². The summed E-state index contributed by atoms with van der Waals surface area (Å²) in [5.74, 6) is -3.53. The molecule has 2 aromatic rings. The molecule has 0 saturated carbocycles. The number of nitrogens with two attached hydrogens (primary N) is 3. The molecule has 3 amide bonds. The molecule has 5 unspecified atom stereocenters. The Labute approximate surface area is 240 Å². The van der Waals surface area contributed by atoms with E-state index in [1.807, 2.05) is 31.2 Å². The average molecular weight is 573 g/mol. The molecule has 2 rings (SSSR count). The zero-order valence-corrected chi connectivity index (χ0v) is 24.1. The number of aromatic amines is 1. The van der Waals surface area contributed by atoms with Crippen LogP contribution in [0.15, 0.2) is 35.5 Å². The second kappa shape index (κ2) is 15.6. The monoisotopic (exact) mass is 572 g/mol. The number of nitrogens with zero attached hydrogens (tertiary/aromatic N) is 1. The minimum atomic E-state index is -1.23. The van der Waals surface area contributed by atoms with E-state index in [-0.39, 0.29) is 37.2 Å². The highest BCUT2D eigenvalue weighted by Gasteiger charge is 2.33. The van der Waals surface area contributed by atoms with Crippen molar-refractivity contribution in [2.45, 2.75) is 77.5 Å². The SMILES string of the molecule is CCC(C)C(NC(=O)C(CCCN=C(N)N)NC(=O)C(N)C(C)C)C(=O)NC(Cc1c[nH]c2ccccc12)C(=O)O. The number of hydrogen-bond acceptors (Lipinski definition) is 6. The highest BCUT2D eigenvalue weighted by molar-refractivity contribution is 5.94. The van der Waals surface area contributed by atoms with Crippen LogP contribution in [0.1, 0.15) is 52.5 Å². The van der Waals surface area contributed by atoms with Gasteiger partial charge in [-0.15, -0.1) is 0 Å². The van der Waals surface area contributed by atoms with Crippen LogP contribution in [0.25, 0.3) is 10.9 Å². The molecule has 0 aliphatic rings. The van der Waals surface area contributed by atoms with E-state index in [1.54, 1.807) is 27.0 Å². The summed E-state index contributed by atoms with van der Waals surface area (Å²) in [6.07, 6.45) is 2.85. The van der Waals surface area contributed by atoms with Crippen LogP contribution in [0, 0.1) is 11.8 Å². The molecule has 11 N–H and O–H groups in total. The molecular formula is C28H44N8O5. The molecule has 13 nitrogen and oxygen atoms in total. The number of aliphatic carboxylic acids is 1. The lowest BCUT2D eigenvalue weighted by molar-refractivity contribution is -0.142. The maximum atomic E-state index is 13.4. The summed E-state index contributed by atoms with van der Waals surface area (Å²) in [5.41, 5.74) is 18.3. The van der Waals surface area contributed by atoms with Gasteiger partial charge in [-0.3, -0.25) is 19.4 Å². The molecule has 0 saturated heterocycles. The van der Waals surface area contributed by atoms with Crippen molar-refractivity contribution in [1.82, 2.24) is 20.9 Å². The number of amides is 3. The standard InChI is InChI=1S/C28H44N8O5/c1-5-16(4)23(26(39)35-21(27(40)41)13-17-14-33-19-10-7-6-9-18(17)19)36-24(37)20(11-8-12-32-28(30)31)34-25(38)22(29)15(2)3/h6-7,9-10,14-16,20-23,33H,5,8,11-13,29H2,1-4H3,(H,34,38)(H,35,39)(H,36,37)(H,40,41)(H4,30,31,32). The fourth-order valence-electron chi connectivity index (χ4n) is 4.28. The van der Waals surface area contributed by atoms with Crippen molar-refractivity contribution >= 4 is 40.6 Å². The van der Waals surface area contributed by atoms with E-state index < -0.39 is 47.9 Å². The van der Waals surface area contributed by atoms with E-state index in [1.165, 1.54) is 0 Å². The van der Waals surface area contributed by atoms with Crippen molar-refractivity contribution in [2.24, 2.45) is 34.0 Å². The molecule has 41 heavy (non-hydrogen) atoms. The van der Waals surface area contributed by atoms with Gasteiger partial charge in [-0.1, -0.05) is 52.3 Å². The Morgan fingerprint density at radius 3 is 2.24 bits per heavy atom. The number of fused-ring (bicyclic) bond motifs is 1. The van der Waals surface area contributed by atoms with Crippen molar-refractivity contribution in [3.63, 3.8) is 0 Å². The first-order valence-corrected chi connectivity index (χ1v) is 13.9. The van der Waals surface area contributed by atoms with Crippen LogP contribution >= 0.6 is 0 Å². The van der Waals surface area contributed by atoms with E-state index in [4.69, 9.17) is 17.2 Å². The first kappa shape index (κ1) is 33.1. The Balaban J connectivity index is 2.21. The van der Waals surface area contributed by atoms with Gasteiger partial charge in [0.1, 0.15) is 18.1 Å². The number of carboxylic acids is 1. The Morgan fingerprint density at radius 1 is 0.976 bits per heavy atom. The first-order valence-electron chi connectivity index (χ1n) is 13.9. The maximum absolute atomic E-state index is 13.4. The number of rotatable bonds is 16. The fourth-order valence-corrected chi connectivity index (χ4v) is 4.28. The molecule has 0 spiro atoms. The highest BCUT2D eigenvalue weighted by atomic mass is 16.4. The number of H-pyrrole nitrogens is 1. The second-order valence-electron chi connectivity index (χ2n) is 10.6. The Bertz CT molecular complexity index is 1220. The van der Waals surface area contributed by atoms with E-state index in [0.29, 0.717) is 12.8 Å². The van der Waals surface area contributed by atoms with Gasteiger partial charge in [-0.05, 0) is 36.3 Å². The Morgan fingerprint density at radius 2 is 1.63 bits per heavy atom. The summed E-state index contributed by atoms with van der Waals surface area (Å²) < 4.78 is 0. The lowest BCUT2D eigenvalue weighted by atomic mass is 9.96. The predicted molar refractivity (Wildman–Crippen MR) is 158 cm³/mol. The van der Waals surface area contributed by atoms with Gasteiger partial charge in [0.25, 0.3) is 0 Å². The topological polar surface area (TPSA) is 231 Å². The summed E-state index contributed by atoms with van der Waals surface area (Å²) in [4.78, 5) is 58.6. The Kier molecular flexibility index (Phi) is 12.6. The largest absolute Gasteiger partial charge is 0.480 e. The molecule has 0 radical (unpaired) electrons. The fraction of sp³-hybridized carbons (Fsp3) is 0.536. The second-order valence-corrected chi connectivity index (χ2v) is 10.6. The van der Waals surface area contributed by atoms with E-state index in [9.17, 15) is 24.3 Å². The predicted octanol–water partition coefficient (Wildman–Crippen LogP) is 0.332. The highest BCUT2D eigenvalue weighted by Crippen LogP contribution is 2.19. The molecule has 0 aliphatic heterocycles. The molecule has 5 atom stereocenters. The zero-order valence-electron chi connectivity index (χ0n) is 24.1. The molecule has 1 aromatic carbocycles. The van der Waals surface area contributed by atoms with Crippen LogP contribution in [-0.2, 0) is 25.6 Å². The minimum absolute atomic E-state index is 0.0445. The third kappa shape index (κ3) is 9.78. The number of guanidine groups is 1. The number of aromatic nitrogens is 1. The normalized spacial score (nSPS) is 14.9.